The van der Waals surface area contributed by atoms with Gasteiger partial charge in [-0.25, -0.2) is 9.59 Å². The highest BCUT2D eigenvalue weighted by Crippen LogP contribution is 2.31. The third-order valence-corrected chi connectivity index (χ3v) is 4.95. The second-order valence-electron chi connectivity index (χ2n) is 7.06. The zero-order valence-electron chi connectivity index (χ0n) is 17.7. The number of carbonyl (C=O) groups is 4. The number of amides is 3. The zero-order chi connectivity index (χ0) is 23.4. The van der Waals surface area contributed by atoms with E-state index < -0.39 is 36.5 Å². The van der Waals surface area contributed by atoms with E-state index in [-0.39, 0.29) is 31.0 Å². The molecule has 3 heterocycles. The number of hydrogen-bond acceptors (Lipinski definition) is 8. The van der Waals surface area contributed by atoms with E-state index in [4.69, 9.17) is 18.6 Å². The van der Waals surface area contributed by atoms with Gasteiger partial charge in [-0.05, 0) is 31.2 Å². The fourth-order valence-corrected chi connectivity index (χ4v) is 3.51. The summed E-state index contributed by atoms with van der Waals surface area (Å²) in [6.45, 7) is 0.765. The Morgan fingerprint density at radius 3 is 2.73 bits per heavy atom. The number of anilines is 1. The lowest BCUT2D eigenvalue weighted by Crippen LogP contribution is -2.47. The molecule has 0 spiro atoms. The highest BCUT2D eigenvalue weighted by molar-refractivity contribution is 6.01. The van der Waals surface area contributed by atoms with Gasteiger partial charge in [0.15, 0.2) is 6.61 Å². The van der Waals surface area contributed by atoms with Gasteiger partial charge in [0.25, 0.3) is 5.91 Å². The lowest BCUT2D eigenvalue weighted by Gasteiger charge is -2.29. The number of benzene rings is 1. The summed E-state index contributed by atoms with van der Waals surface area (Å²) in [6.07, 6.45) is 1.41. The van der Waals surface area contributed by atoms with Gasteiger partial charge >= 0.3 is 18.0 Å². The Hall–Kier alpha value is -4.28. The molecule has 0 fully saturated rings. The van der Waals surface area contributed by atoms with Gasteiger partial charge in [0, 0.05) is 0 Å². The van der Waals surface area contributed by atoms with Crippen LogP contribution in [-0.2, 0) is 23.9 Å². The average molecular weight is 455 g/mol. The average Bonchev–Trinajstić information content (AvgIpc) is 3.34. The van der Waals surface area contributed by atoms with E-state index in [0.29, 0.717) is 17.2 Å². The van der Waals surface area contributed by atoms with Gasteiger partial charge in [-0.15, -0.1) is 0 Å². The first-order valence-corrected chi connectivity index (χ1v) is 10.2. The van der Waals surface area contributed by atoms with Crippen LogP contribution in [0.15, 0.2) is 58.3 Å². The molecule has 0 saturated heterocycles. The fraction of sp³-hybridized carbons (Fsp3) is 0.273. The van der Waals surface area contributed by atoms with Crippen molar-refractivity contribution in [3.63, 3.8) is 0 Å². The molecule has 11 nitrogen and oxygen atoms in total. The second kappa shape index (κ2) is 9.47. The molecule has 2 aliphatic heterocycles. The van der Waals surface area contributed by atoms with Crippen LogP contribution < -0.4 is 20.3 Å². The lowest BCUT2D eigenvalue weighted by atomic mass is 10.0. The van der Waals surface area contributed by atoms with Crippen molar-refractivity contribution in [2.45, 2.75) is 13.0 Å². The number of esters is 2. The summed E-state index contributed by atoms with van der Waals surface area (Å²) in [5.74, 6) is -1.05. The molecule has 0 aliphatic carbocycles. The van der Waals surface area contributed by atoms with Crippen LogP contribution >= 0.6 is 0 Å². The minimum atomic E-state index is -0.922. The van der Waals surface area contributed by atoms with Crippen LogP contribution in [0.3, 0.4) is 0 Å². The van der Waals surface area contributed by atoms with Crippen LogP contribution in [0.2, 0.25) is 0 Å². The summed E-state index contributed by atoms with van der Waals surface area (Å²) in [6, 6.07) is 8.50. The number of para-hydroxylation sites is 2. The monoisotopic (exact) mass is 455 g/mol. The molecule has 172 valence electrons. The molecule has 1 aromatic carbocycles. The van der Waals surface area contributed by atoms with Crippen LogP contribution in [-0.4, -0.2) is 50.2 Å². The first kappa shape index (κ1) is 21.9. The van der Waals surface area contributed by atoms with Crippen molar-refractivity contribution in [1.82, 2.24) is 10.6 Å². The van der Waals surface area contributed by atoms with E-state index in [0.717, 1.165) is 0 Å². The number of rotatable bonds is 7. The fourth-order valence-electron chi connectivity index (χ4n) is 3.51. The minimum absolute atomic E-state index is 0.0481. The van der Waals surface area contributed by atoms with Gasteiger partial charge in [0.1, 0.15) is 30.7 Å². The molecular formula is C22H21N3O8. The van der Waals surface area contributed by atoms with Crippen molar-refractivity contribution < 1.29 is 37.8 Å². The molecular weight excluding hydrogens is 434 g/mol. The summed E-state index contributed by atoms with van der Waals surface area (Å²) in [4.78, 5) is 50.9. The molecule has 2 aliphatic rings. The smallest absolute Gasteiger partial charge is 0.338 e. The van der Waals surface area contributed by atoms with Gasteiger partial charge in [0.2, 0.25) is 0 Å². The first-order valence-electron chi connectivity index (χ1n) is 10.2. The SMILES string of the molecule is CCOC(=O)C1=C(COC(=O)CN2C(=O)COc3ccccc32)NC(=O)NC1c1ccco1. The normalized spacial score (nSPS) is 17.5. The van der Waals surface area contributed by atoms with E-state index in [9.17, 15) is 19.2 Å². The van der Waals surface area contributed by atoms with Gasteiger partial charge in [-0.2, -0.15) is 0 Å². The highest BCUT2D eigenvalue weighted by atomic mass is 16.5. The van der Waals surface area contributed by atoms with Crippen molar-refractivity contribution in [2.24, 2.45) is 0 Å². The molecule has 1 unspecified atom stereocenters. The van der Waals surface area contributed by atoms with Crippen molar-refractivity contribution in [2.75, 3.05) is 31.3 Å². The van der Waals surface area contributed by atoms with Crippen molar-refractivity contribution >= 4 is 29.6 Å². The van der Waals surface area contributed by atoms with Gasteiger partial charge < -0.3 is 29.3 Å². The minimum Gasteiger partial charge on any atom is -0.482 e. The second-order valence-corrected chi connectivity index (χ2v) is 7.06. The van der Waals surface area contributed by atoms with Crippen LogP contribution in [0.4, 0.5) is 10.5 Å². The van der Waals surface area contributed by atoms with Crippen LogP contribution in [0.25, 0.3) is 0 Å². The summed E-state index contributed by atoms with van der Waals surface area (Å²) < 4.78 is 21.1. The number of nitrogens with zero attached hydrogens (tertiary/aromatic N) is 1. The molecule has 33 heavy (non-hydrogen) atoms. The van der Waals surface area contributed by atoms with Crippen LogP contribution in [0, 0.1) is 0 Å². The van der Waals surface area contributed by atoms with Crippen LogP contribution in [0.5, 0.6) is 5.75 Å². The topological polar surface area (TPSA) is 136 Å². The molecule has 0 bridgehead atoms. The summed E-state index contributed by atoms with van der Waals surface area (Å²) in [5.41, 5.74) is 0.554. The largest absolute Gasteiger partial charge is 0.482 e. The highest BCUT2D eigenvalue weighted by Gasteiger charge is 2.36. The first-order chi connectivity index (χ1) is 16.0. The third kappa shape index (κ3) is 4.66. The maximum absolute atomic E-state index is 12.6. The van der Waals surface area contributed by atoms with Gasteiger partial charge in [-0.3, -0.25) is 14.5 Å². The Morgan fingerprint density at radius 1 is 1.15 bits per heavy atom. The number of carbonyl (C=O) groups excluding carboxylic acids is 4. The number of ether oxygens (including phenoxy) is 3. The molecule has 3 amide bonds. The van der Waals surface area contributed by atoms with E-state index in [1.54, 1.807) is 43.3 Å². The number of furan rings is 1. The molecule has 2 N–H and O–H groups in total. The number of urea groups is 1. The predicted octanol–water partition coefficient (Wildman–Crippen LogP) is 1.42. The molecule has 4 rings (SSSR count). The maximum Gasteiger partial charge on any atom is 0.338 e. The maximum atomic E-state index is 12.6. The molecule has 1 atom stereocenters. The number of nitrogens with one attached hydrogen (secondary N) is 2. The Labute approximate surface area is 188 Å². The van der Waals surface area contributed by atoms with E-state index >= 15 is 0 Å². The molecule has 0 radical (unpaired) electrons. The Morgan fingerprint density at radius 2 is 1.97 bits per heavy atom. The van der Waals surface area contributed by atoms with Crippen molar-refractivity contribution in [3.05, 3.63) is 59.7 Å². The number of hydrogen-bond donors (Lipinski definition) is 2. The standard InChI is InChI=1S/C22H21N3O8/c1-2-30-21(28)19-13(23-22(29)24-20(19)16-8-5-9-31-16)11-33-18(27)10-25-14-6-3-4-7-15(14)32-12-17(25)26/h3-9,20H,2,10-12H2,1H3,(H2,23,24,29). The number of fused-ring (bicyclic) bond motifs is 1. The van der Waals surface area contributed by atoms with Gasteiger partial charge in [-0.1, -0.05) is 12.1 Å². The predicted molar refractivity (Wildman–Crippen MR) is 112 cm³/mol. The van der Waals surface area contributed by atoms with Crippen LogP contribution in [0.1, 0.15) is 18.7 Å². The van der Waals surface area contributed by atoms with E-state index in [1.807, 2.05) is 0 Å². The third-order valence-electron chi connectivity index (χ3n) is 4.95. The van der Waals surface area contributed by atoms with Crippen molar-refractivity contribution in [3.8, 4) is 5.75 Å². The van der Waals surface area contributed by atoms with Crippen molar-refractivity contribution in [1.29, 1.82) is 0 Å². The molecule has 2 aromatic rings. The van der Waals surface area contributed by atoms with E-state index in [2.05, 4.69) is 10.6 Å². The Kier molecular flexibility index (Phi) is 6.29. The van der Waals surface area contributed by atoms with E-state index in [1.165, 1.54) is 11.2 Å². The Balaban J connectivity index is 1.53. The summed E-state index contributed by atoms with van der Waals surface area (Å²) in [5, 5.41) is 5.09. The molecule has 1 aromatic heterocycles. The summed E-state index contributed by atoms with van der Waals surface area (Å²) >= 11 is 0. The quantitative estimate of drug-likeness (QED) is 0.598. The lowest BCUT2D eigenvalue weighted by molar-refractivity contribution is -0.143. The molecule has 0 saturated carbocycles. The molecule has 11 heteroatoms. The zero-order valence-corrected chi connectivity index (χ0v) is 17.7. The summed E-state index contributed by atoms with van der Waals surface area (Å²) in [7, 11) is 0. The Bertz CT molecular complexity index is 1110. The van der Waals surface area contributed by atoms with Gasteiger partial charge in [0.05, 0.1) is 29.8 Å².